The summed E-state index contributed by atoms with van der Waals surface area (Å²) in [5.74, 6) is 0. The van der Waals surface area contributed by atoms with E-state index in [4.69, 9.17) is 5.73 Å². The predicted octanol–water partition coefficient (Wildman–Crippen LogP) is 2.09. The molecule has 2 saturated heterocycles. The molecule has 0 aromatic carbocycles. The minimum absolute atomic E-state index is 0.703. The second-order valence-corrected chi connectivity index (χ2v) is 7.32. The maximum Gasteiger partial charge on any atom is 0.0941 e. The SMILES string of the molecule is NCCc1nc(CN2CCC(N3CCCCC3)CC2)cs1. The van der Waals surface area contributed by atoms with E-state index >= 15 is 0 Å². The molecule has 0 bridgehead atoms. The smallest absolute Gasteiger partial charge is 0.0941 e. The van der Waals surface area contributed by atoms with Crippen molar-refractivity contribution in [2.75, 3.05) is 32.7 Å². The third-order valence-electron chi connectivity index (χ3n) is 4.81. The Morgan fingerprint density at radius 2 is 1.90 bits per heavy atom. The Morgan fingerprint density at radius 1 is 1.14 bits per heavy atom. The van der Waals surface area contributed by atoms with Crippen LogP contribution in [0.25, 0.3) is 0 Å². The van der Waals surface area contributed by atoms with Crippen LogP contribution in [0.2, 0.25) is 0 Å². The van der Waals surface area contributed by atoms with E-state index in [-0.39, 0.29) is 0 Å². The topological polar surface area (TPSA) is 45.4 Å². The number of hydrogen-bond donors (Lipinski definition) is 1. The van der Waals surface area contributed by atoms with Crippen molar-refractivity contribution in [2.24, 2.45) is 5.73 Å². The molecule has 3 rings (SSSR count). The number of hydrogen-bond acceptors (Lipinski definition) is 5. The van der Waals surface area contributed by atoms with Gasteiger partial charge in [-0.1, -0.05) is 6.42 Å². The molecule has 3 heterocycles. The molecule has 4 nitrogen and oxygen atoms in total. The Hall–Kier alpha value is -0.490. The van der Waals surface area contributed by atoms with Crippen LogP contribution in [0.15, 0.2) is 5.38 Å². The fraction of sp³-hybridized carbons (Fsp3) is 0.812. The summed E-state index contributed by atoms with van der Waals surface area (Å²) in [5.41, 5.74) is 6.83. The molecule has 2 N–H and O–H groups in total. The second kappa shape index (κ2) is 7.68. The maximum absolute atomic E-state index is 5.59. The normalized spacial score (nSPS) is 22.7. The largest absolute Gasteiger partial charge is 0.330 e. The van der Waals surface area contributed by atoms with Gasteiger partial charge in [0.15, 0.2) is 0 Å². The summed E-state index contributed by atoms with van der Waals surface area (Å²) >= 11 is 1.76. The standard InChI is InChI=1S/C16H28N4S/c17-7-4-16-18-14(13-21-16)12-19-10-5-15(6-11-19)20-8-2-1-3-9-20/h13,15H,1-12,17H2. The highest BCUT2D eigenvalue weighted by Gasteiger charge is 2.25. The van der Waals surface area contributed by atoms with Gasteiger partial charge in [0.05, 0.1) is 10.7 Å². The summed E-state index contributed by atoms with van der Waals surface area (Å²) in [6, 6.07) is 0.838. The monoisotopic (exact) mass is 308 g/mol. The molecule has 0 unspecified atom stereocenters. The lowest BCUT2D eigenvalue weighted by molar-refractivity contribution is 0.0892. The molecule has 2 aliphatic heterocycles. The molecule has 0 spiro atoms. The first-order valence-electron chi connectivity index (χ1n) is 8.45. The highest BCUT2D eigenvalue weighted by Crippen LogP contribution is 2.22. The summed E-state index contributed by atoms with van der Waals surface area (Å²) in [6.45, 7) is 6.84. The Morgan fingerprint density at radius 3 is 2.62 bits per heavy atom. The summed E-state index contributed by atoms with van der Waals surface area (Å²) in [5, 5.41) is 3.40. The first-order valence-corrected chi connectivity index (χ1v) is 9.33. The molecule has 0 amide bonds. The van der Waals surface area contributed by atoms with E-state index in [0.717, 1.165) is 19.0 Å². The number of nitrogens with zero attached hydrogens (tertiary/aromatic N) is 3. The van der Waals surface area contributed by atoms with Crippen LogP contribution in [0.1, 0.15) is 42.8 Å². The summed E-state index contributed by atoms with van der Waals surface area (Å²) in [7, 11) is 0. The molecule has 0 saturated carbocycles. The van der Waals surface area contributed by atoms with Crippen molar-refractivity contribution >= 4 is 11.3 Å². The summed E-state index contributed by atoms with van der Waals surface area (Å²) < 4.78 is 0. The van der Waals surface area contributed by atoms with Crippen LogP contribution in [0, 0.1) is 0 Å². The molecule has 21 heavy (non-hydrogen) atoms. The average Bonchev–Trinajstić information content (AvgIpc) is 2.97. The van der Waals surface area contributed by atoms with Gasteiger partial charge >= 0.3 is 0 Å². The first kappa shape index (κ1) is 15.4. The zero-order chi connectivity index (χ0) is 14.5. The molecule has 1 aromatic rings. The minimum Gasteiger partial charge on any atom is -0.330 e. The van der Waals surface area contributed by atoms with Crippen LogP contribution >= 0.6 is 11.3 Å². The van der Waals surface area contributed by atoms with Crippen LogP contribution in [-0.2, 0) is 13.0 Å². The molecular weight excluding hydrogens is 280 g/mol. The van der Waals surface area contributed by atoms with Gasteiger partial charge < -0.3 is 10.6 Å². The van der Waals surface area contributed by atoms with Crippen molar-refractivity contribution in [1.82, 2.24) is 14.8 Å². The van der Waals surface area contributed by atoms with E-state index in [2.05, 4.69) is 20.2 Å². The van der Waals surface area contributed by atoms with Gasteiger partial charge in [0.25, 0.3) is 0 Å². The third kappa shape index (κ3) is 4.25. The maximum atomic E-state index is 5.59. The van der Waals surface area contributed by atoms with Gasteiger partial charge in [0.1, 0.15) is 0 Å². The van der Waals surface area contributed by atoms with Gasteiger partial charge in [-0.05, 0) is 45.3 Å². The minimum atomic E-state index is 0.703. The molecule has 0 aliphatic carbocycles. The van der Waals surface area contributed by atoms with Crippen molar-refractivity contribution in [2.45, 2.75) is 51.1 Å². The van der Waals surface area contributed by atoms with E-state index in [0.29, 0.717) is 6.54 Å². The number of thiazole rings is 1. The van der Waals surface area contributed by atoms with E-state index in [1.165, 1.54) is 69.0 Å². The third-order valence-corrected chi connectivity index (χ3v) is 5.76. The molecule has 5 heteroatoms. The molecule has 1 aromatic heterocycles. The molecule has 0 radical (unpaired) electrons. The molecule has 118 valence electrons. The van der Waals surface area contributed by atoms with Gasteiger partial charge in [0, 0.05) is 37.5 Å². The second-order valence-electron chi connectivity index (χ2n) is 6.38. The Bertz CT molecular complexity index is 420. The lowest BCUT2D eigenvalue weighted by Crippen LogP contribution is -2.46. The van der Waals surface area contributed by atoms with Gasteiger partial charge in [-0.15, -0.1) is 11.3 Å². The van der Waals surface area contributed by atoms with E-state index in [1.54, 1.807) is 11.3 Å². The lowest BCUT2D eigenvalue weighted by Gasteiger charge is -2.40. The van der Waals surface area contributed by atoms with Crippen molar-refractivity contribution in [3.63, 3.8) is 0 Å². The summed E-state index contributed by atoms with van der Waals surface area (Å²) in [4.78, 5) is 10.00. The van der Waals surface area contributed by atoms with Crippen molar-refractivity contribution in [1.29, 1.82) is 0 Å². The van der Waals surface area contributed by atoms with Crippen LogP contribution in [-0.4, -0.2) is 53.5 Å². The van der Waals surface area contributed by atoms with Gasteiger partial charge in [-0.25, -0.2) is 4.98 Å². The van der Waals surface area contributed by atoms with Crippen molar-refractivity contribution in [3.8, 4) is 0 Å². The molecule has 0 atom stereocenters. The van der Waals surface area contributed by atoms with E-state index in [9.17, 15) is 0 Å². The fourth-order valence-electron chi connectivity index (χ4n) is 3.62. The number of rotatable bonds is 5. The Labute approximate surface area is 132 Å². The van der Waals surface area contributed by atoms with Crippen molar-refractivity contribution < 1.29 is 0 Å². The van der Waals surface area contributed by atoms with Crippen LogP contribution in [0.3, 0.4) is 0 Å². The van der Waals surface area contributed by atoms with Crippen LogP contribution in [0.5, 0.6) is 0 Å². The Kier molecular flexibility index (Phi) is 5.63. The summed E-state index contributed by atoms with van der Waals surface area (Å²) in [6.07, 6.45) is 7.83. The zero-order valence-electron chi connectivity index (χ0n) is 13.0. The van der Waals surface area contributed by atoms with Gasteiger partial charge in [-0.2, -0.15) is 0 Å². The molecule has 2 aliphatic rings. The quantitative estimate of drug-likeness (QED) is 0.905. The van der Waals surface area contributed by atoms with Crippen LogP contribution in [0.4, 0.5) is 0 Å². The number of aromatic nitrogens is 1. The number of nitrogens with two attached hydrogens (primary N) is 1. The molecular formula is C16H28N4S. The highest BCUT2D eigenvalue weighted by atomic mass is 32.1. The zero-order valence-corrected chi connectivity index (χ0v) is 13.8. The van der Waals surface area contributed by atoms with Crippen molar-refractivity contribution in [3.05, 3.63) is 16.1 Å². The van der Waals surface area contributed by atoms with Crippen LogP contribution < -0.4 is 5.73 Å². The van der Waals surface area contributed by atoms with E-state index in [1.807, 2.05) is 0 Å². The predicted molar refractivity (Wildman–Crippen MR) is 88.6 cm³/mol. The number of likely N-dealkylation sites (tertiary alicyclic amines) is 2. The van der Waals surface area contributed by atoms with Gasteiger partial charge in [0.2, 0.25) is 0 Å². The average molecular weight is 308 g/mol. The first-order chi connectivity index (χ1) is 10.3. The number of piperidine rings is 2. The molecule has 2 fully saturated rings. The Balaban J connectivity index is 1.44. The lowest BCUT2D eigenvalue weighted by atomic mass is 10.00. The fourth-order valence-corrected chi connectivity index (χ4v) is 4.42. The van der Waals surface area contributed by atoms with Gasteiger partial charge in [-0.3, -0.25) is 4.90 Å². The van der Waals surface area contributed by atoms with E-state index < -0.39 is 0 Å². The highest BCUT2D eigenvalue weighted by molar-refractivity contribution is 7.09.